The van der Waals surface area contributed by atoms with E-state index in [9.17, 15) is 0 Å². The highest BCUT2D eigenvalue weighted by molar-refractivity contribution is 7.14. The molecule has 2 rings (SSSR count). The topological polar surface area (TPSA) is 104 Å². The Kier molecular flexibility index (Phi) is 4.72. The van der Waals surface area contributed by atoms with Crippen LogP contribution in [0.3, 0.4) is 0 Å². The van der Waals surface area contributed by atoms with Crippen molar-refractivity contribution in [2.75, 3.05) is 11.2 Å². The van der Waals surface area contributed by atoms with Gasteiger partial charge in [0.25, 0.3) is 0 Å². The summed E-state index contributed by atoms with van der Waals surface area (Å²) in [6.07, 6.45) is 2.44. The molecule has 0 fully saturated rings. The minimum Gasteiger partial charge on any atom is -0.423 e. The van der Waals surface area contributed by atoms with Gasteiger partial charge >= 0.3 is 7.12 Å². The Morgan fingerprint density at radius 3 is 2.90 bits per heavy atom. The fourth-order valence-electron chi connectivity index (χ4n) is 1.71. The van der Waals surface area contributed by atoms with Gasteiger partial charge in [-0.15, -0.1) is 11.3 Å². The number of nitrogen functional groups attached to an aromatic ring is 1. The molecule has 104 valence electrons. The Bertz CT molecular complexity index is 615. The molecule has 0 atom stereocenters. The van der Waals surface area contributed by atoms with Gasteiger partial charge in [-0.25, -0.2) is 4.98 Å². The summed E-state index contributed by atoms with van der Waals surface area (Å²) < 4.78 is 0. The first-order valence-electron chi connectivity index (χ1n) is 6.09. The van der Waals surface area contributed by atoms with E-state index in [0.717, 1.165) is 17.5 Å². The van der Waals surface area contributed by atoms with E-state index in [1.807, 2.05) is 6.92 Å². The van der Waals surface area contributed by atoms with E-state index in [2.05, 4.69) is 15.5 Å². The van der Waals surface area contributed by atoms with E-state index >= 15 is 0 Å². The molecule has 0 aliphatic carbocycles. The van der Waals surface area contributed by atoms with Crippen LogP contribution in [-0.4, -0.2) is 28.4 Å². The van der Waals surface area contributed by atoms with Crippen molar-refractivity contribution >= 4 is 41.1 Å². The first-order valence-corrected chi connectivity index (χ1v) is 6.97. The molecule has 0 unspecified atom stereocenters. The summed E-state index contributed by atoms with van der Waals surface area (Å²) in [7, 11) is -1.46. The van der Waals surface area contributed by atoms with E-state index in [-0.39, 0.29) is 0 Å². The second kappa shape index (κ2) is 6.51. The largest absolute Gasteiger partial charge is 0.488 e. The number of nitrogens with two attached hydrogens (primary N) is 1. The lowest BCUT2D eigenvalue weighted by Crippen LogP contribution is -2.30. The first kappa shape index (κ1) is 14.5. The zero-order valence-electron chi connectivity index (χ0n) is 10.9. The lowest BCUT2D eigenvalue weighted by molar-refractivity contribution is 0.425. The van der Waals surface area contributed by atoms with Gasteiger partial charge in [0.2, 0.25) is 5.13 Å². The SMILES string of the molecule is CCc1cc(B(O)O)ccc1C=NNc1nc(N)cs1. The Morgan fingerprint density at radius 2 is 2.30 bits per heavy atom. The number of aryl methyl sites for hydroxylation is 1. The monoisotopic (exact) mass is 290 g/mol. The van der Waals surface area contributed by atoms with Gasteiger partial charge in [-0.2, -0.15) is 5.10 Å². The van der Waals surface area contributed by atoms with Crippen LogP contribution in [0.5, 0.6) is 0 Å². The highest BCUT2D eigenvalue weighted by atomic mass is 32.1. The van der Waals surface area contributed by atoms with Crippen molar-refractivity contribution in [1.82, 2.24) is 4.98 Å². The summed E-state index contributed by atoms with van der Waals surface area (Å²) in [5.74, 6) is 0.461. The molecule has 20 heavy (non-hydrogen) atoms. The smallest absolute Gasteiger partial charge is 0.423 e. The molecule has 0 aliphatic rings. The minimum atomic E-state index is -1.46. The van der Waals surface area contributed by atoms with Crippen molar-refractivity contribution in [1.29, 1.82) is 0 Å². The number of nitrogens with zero attached hydrogens (tertiary/aromatic N) is 2. The summed E-state index contributed by atoms with van der Waals surface area (Å²) >= 11 is 1.37. The summed E-state index contributed by atoms with van der Waals surface area (Å²) in [4.78, 5) is 4.03. The third-order valence-corrected chi connectivity index (χ3v) is 3.50. The molecule has 1 aromatic carbocycles. The fraction of sp³-hybridized carbons (Fsp3) is 0.167. The zero-order valence-corrected chi connectivity index (χ0v) is 11.8. The van der Waals surface area contributed by atoms with Gasteiger partial charge in [0.1, 0.15) is 5.82 Å². The van der Waals surface area contributed by atoms with Crippen LogP contribution in [-0.2, 0) is 6.42 Å². The molecule has 0 aliphatic heterocycles. The highest BCUT2D eigenvalue weighted by Gasteiger charge is 2.12. The van der Waals surface area contributed by atoms with Crippen molar-refractivity contribution in [2.24, 2.45) is 5.10 Å². The number of rotatable bonds is 5. The normalized spacial score (nSPS) is 10.9. The standard InChI is InChI=1S/C12H15BN4O2S/c1-2-8-5-10(13(18)19)4-3-9(8)6-15-17-12-16-11(14)7-20-12/h3-7,18-19H,2,14H2,1H3,(H,16,17). The van der Waals surface area contributed by atoms with Gasteiger partial charge < -0.3 is 15.8 Å². The number of anilines is 2. The van der Waals surface area contributed by atoms with Gasteiger partial charge in [0, 0.05) is 5.38 Å². The number of thiazole rings is 1. The van der Waals surface area contributed by atoms with Crippen molar-refractivity contribution in [3.63, 3.8) is 0 Å². The fourth-order valence-corrected chi connectivity index (χ4v) is 2.26. The van der Waals surface area contributed by atoms with Gasteiger partial charge in [-0.3, -0.25) is 5.43 Å². The summed E-state index contributed by atoms with van der Waals surface area (Å²) in [5.41, 5.74) is 10.7. The lowest BCUT2D eigenvalue weighted by Gasteiger charge is -2.06. The van der Waals surface area contributed by atoms with Crippen LogP contribution in [0.1, 0.15) is 18.1 Å². The molecule has 0 spiro atoms. The second-order valence-corrected chi connectivity index (χ2v) is 4.99. The maximum absolute atomic E-state index is 9.15. The van der Waals surface area contributed by atoms with Crippen LogP contribution in [0.4, 0.5) is 10.9 Å². The molecule has 0 saturated carbocycles. The Morgan fingerprint density at radius 1 is 1.50 bits per heavy atom. The Hall–Kier alpha value is -1.90. The van der Waals surface area contributed by atoms with Gasteiger partial charge in [0.05, 0.1) is 6.21 Å². The molecule has 0 radical (unpaired) electrons. The van der Waals surface area contributed by atoms with E-state index < -0.39 is 7.12 Å². The summed E-state index contributed by atoms with van der Waals surface area (Å²) in [5, 5.41) is 24.8. The van der Waals surface area contributed by atoms with Crippen molar-refractivity contribution in [3.05, 3.63) is 34.7 Å². The van der Waals surface area contributed by atoms with Crippen molar-refractivity contribution in [3.8, 4) is 0 Å². The Balaban J connectivity index is 2.12. The third kappa shape index (κ3) is 3.56. The summed E-state index contributed by atoms with van der Waals surface area (Å²) in [6, 6.07) is 5.22. The van der Waals surface area contributed by atoms with Gasteiger partial charge in [-0.1, -0.05) is 25.1 Å². The number of hydrogen-bond donors (Lipinski definition) is 4. The van der Waals surface area contributed by atoms with Gasteiger partial charge in [0.15, 0.2) is 0 Å². The molecule has 1 heterocycles. The predicted octanol–water partition coefficient (Wildman–Crippen LogP) is 0.413. The first-order chi connectivity index (χ1) is 9.60. The molecule has 2 aromatic rings. The van der Waals surface area contributed by atoms with Crippen LogP contribution in [0.25, 0.3) is 0 Å². The van der Waals surface area contributed by atoms with Crippen LogP contribution in [0, 0.1) is 0 Å². The molecule has 6 nitrogen and oxygen atoms in total. The molecular formula is C12H15BN4O2S. The van der Waals surface area contributed by atoms with Crippen LogP contribution >= 0.6 is 11.3 Å². The lowest BCUT2D eigenvalue weighted by atomic mass is 9.78. The molecular weight excluding hydrogens is 275 g/mol. The number of aromatic nitrogens is 1. The number of hydrazone groups is 1. The molecule has 1 aromatic heterocycles. The zero-order chi connectivity index (χ0) is 14.5. The minimum absolute atomic E-state index is 0.461. The molecule has 0 saturated heterocycles. The Labute approximate surface area is 121 Å². The number of benzene rings is 1. The average molecular weight is 290 g/mol. The van der Waals surface area contributed by atoms with E-state index in [4.69, 9.17) is 15.8 Å². The summed E-state index contributed by atoms with van der Waals surface area (Å²) in [6.45, 7) is 2.00. The van der Waals surface area contributed by atoms with E-state index in [0.29, 0.717) is 16.4 Å². The van der Waals surface area contributed by atoms with Crippen molar-refractivity contribution in [2.45, 2.75) is 13.3 Å². The maximum Gasteiger partial charge on any atom is 0.488 e. The maximum atomic E-state index is 9.15. The molecule has 5 N–H and O–H groups in total. The highest BCUT2D eigenvalue weighted by Crippen LogP contribution is 2.16. The average Bonchev–Trinajstić information content (AvgIpc) is 2.84. The third-order valence-electron chi connectivity index (χ3n) is 2.73. The van der Waals surface area contributed by atoms with E-state index in [1.54, 1.807) is 29.8 Å². The van der Waals surface area contributed by atoms with Crippen LogP contribution in [0.15, 0.2) is 28.7 Å². The van der Waals surface area contributed by atoms with Crippen molar-refractivity contribution < 1.29 is 10.0 Å². The predicted molar refractivity (Wildman–Crippen MR) is 83.4 cm³/mol. The number of nitrogens with one attached hydrogen (secondary N) is 1. The second-order valence-electron chi connectivity index (χ2n) is 4.13. The molecule has 0 amide bonds. The quantitative estimate of drug-likeness (QED) is 0.363. The van der Waals surface area contributed by atoms with Gasteiger partial charge in [-0.05, 0) is 23.0 Å². The number of hydrogen-bond acceptors (Lipinski definition) is 7. The van der Waals surface area contributed by atoms with Crippen LogP contribution in [0.2, 0.25) is 0 Å². The molecule has 0 bridgehead atoms. The van der Waals surface area contributed by atoms with E-state index in [1.165, 1.54) is 11.3 Å². The molecule has 8 heteroatoms. The van der Waals surface area contributed by atoms with Crippen LogP contribution < -0.4 is 16.6 Å².